The van der Waals surface area contributed by atoms with E-state index < -0.39 is 21.9 Å². The highest BCUT2D eigenvalue weighted by Crippen LogP contribution is 2.20. The van der Waals surface area contributed by atoms with E-state index >= 15 is 0 Å². The van der Waals surface area contributed by atoms with Crippen molar-refractivity contribution in [2.75, 3.05) is 4.72 Å². The first-order valence-corrected chi connectivity index (χ1v) is 7.54. The predicted molar refractivity (Wildman–Crippen MR) is 79.2 cm³/mol. The molecule has 8 heteroatoms. The van der Waals surface area contributed by atoms with Crippen LogP contribution in [-0.4, -0.2) is 25.4 Å². The van der Waals surface area contributed by atoms with Crippen molar-refractivity contribution in [2.45, 2.75) is 4.90 Å². The third-order valence-corrected chi connectivity index (χ3v) is 4.19. The van der Waals surface area contributed by atoms with Gasteiger partial charge in [-0.05, 0) is 30.3 Å². The van der Waals surface area contributed by atoms with Crippen LogP contribution in [0, 0.1) is 0 Å². The molecule has 2 aromatic carbocycles. The van der Waals surface area contributed by atoms with E-state index in [0.29, 0.717) is 0 Å². The lowest BCUT2D eigenvalue weighted by molar-refractivity contribution is 0.0696. The number of carbonyl (C=O) groups excluding carboxylic acids is 1. The number of carbonyl (C=O) groups is 2. The van der Waals surface area contributed by atoms with Crippen LogP contribution in [0.3, 0.4) is 0 Å². The molecule has 4 N–H and O–H groups in total. The van der Waals surface area contributed by atoms with Crippen molar-refractivity contribution < 1.29 is 23.1 Å². The molecule has 0 aliphatic carbocycles. The quantitative estimate of drug-likeness (QED) is 0.765. The van der Waals surface area contributed by atoms with Gasteiger partial charge in [-0.15, -0.1) is 0 Å². The third-order valence-electron chi connectivity index (χ3n) is 2.83. The number of benzene rings is 2. The van der Waals surface area contributed by atoms with Gasteiger partial charge in [0.15, 0.2) is 0 Å². The van der Waals surface area contributed by atoms with Gasteiger partial charge in [0.2, 0.25) is 0 Å². The molecule has 0 unspecified atom stereocenters. The number of primary amides is 1. The van der Waals surface area contributed by atoms with Crippen LogP contribution in [0.4, 0.5) is 5.69 Å². The molecular formula is C14H12N2O5S. The second-order valence-corrected chi connectivity index (χ2v) is 6.03. The fourth-order valence-corrected chi connectivity index (χ4v) is 2.91. The molecule has 0 saturated carbocycles. The SMILES string of the molecule is NC(=O)c1ccccc1NS(=O)(=O)c1cccc(C(=O)O)c1. The van der Waals surface area contributed by atoms with Gasteiger partial charge in [-0.3, -0.25) is 9.52 Å². The molecule has 0 heterocycles. The molecule has 0 saturated heterocycles. The molecule has 22 heavy (non-hydrogen) atoms. The van der Waals surface area contributed by atoms with Crippen molar-refractivity contribution >= 4 is 27.6 Å². The Morgan fingerprint density at radius 3 is 2.36 bits per heavy atom. The van der Waals surface area contributed by atoms with E-state index in [1.807, 2.05) is 0 Å². The Morgan fingerprint density at radius 2 is 1.73 bits per heavy atom. The van der Waals surface area contributed by atoms with Crippen LogP contribution in [0.2, 0.25) is 0 Å². The summed E-state index contributed by atoms with van der Waals surface area (Å²) in [6, 6.07) is 10.7. The zero-order valence-corrected chi connectivity index (χ0v) is 12.0. The zero-order valence-electron chi connectivity index (χ0n) is 11.2. The number of aromatic carboxylic acids is 1. The van der Waals surface area contributed by atoms with Gasteiger partial charge in [-0.1, -0.05) is 18.2 Å². The Hall–Kier alpha value is -2.87. The van der Waals surface area contributed by atoms with Crippen LogP contribution in [0.5, 0.6) is 0 Å². The van der Waals surface area contributed by atoms with Gasteiger partial charge < -0.3 is 10.8 Å². The molecule has 0 spiro atoms. The van der Waals surface area contributed by atoms with Crippen LogP contribution in [0.25, 0.3) is 0 Å². The zero-order chi connectivity index (χ0) is 16.3. The average Bonchev–Trinajstić information content (AvgIpc) is 2.47. The van der Waals surface area contributed by atoms with Gasteiger partial charge >= 0.3 is 5.97 Å². The summed E-state index contributed by atoms with van der Waals surface area (Å²) >= 11 is 0. The number of para-hydroxylation sites is 1. The fraction of sp³-hybridized carbons (Fsp3) is 0. The standard InChI is InChI=1S/C14H12N2O5S/c15-13(17)11-6-1-2-7-12(11)16-22(20,21)10-5-3-4-9(8-10)14(18)19/h1-8,16H,(H2,15,17)(H,18,19). The van der Waals surface area contributed by atoms with E-state index in [1.165, 1.54) is 36.4 Å². The van der Waals surface area contributed by atoms with Gasteiger partial charge in [-0.25, -0.2) is 13.2 Å². The lowest BCUT2D eigenvalue weighted by Crippen LogP contribution is -2.18. The molecule has 1 amide bonds. The topological polar surface area (TPSA) is 127 Å². The van der Waals surface area contributed by atoms with Crippen molar-refractivity contribution in [1.29, 1.82) is 0 Å². The molecular weight excluding hydrogens is 308 g/mol. The lowest BCUT2D eigenvalue weighted by atomic mass is 10.2. The minimum Gasteiger partial charge on any atom is -0.478 e. The van der Waals surface area contributed by atoms with E-state index in [9.17, 15) is 18.0 Å². The minimum atomic E-state index is -4.05. The maximum absolute atomic E-state index is 12.3. The van der Waals surface area contributed by atoms with Crippen molar-refractivity contribution in [3.63, 3.8) is 0 Å². The Kier molecular flexibility index (Phi) is 4.13. The summed E-state index contributed by atoms with van der Waals surface area (Å²) in [5.41, 5.74) is 5.06. The highest BCUT2D eigenvalue weighted by molar-refractivity contribution is 7.92. The molecule has 0 bridgehead atoms. The van der Waals surface area contributed by atoms with Gasteiger partial charge in [0.05, 0.1) is 21.7 Å². The van der Waals surface area contributed by atoms with Gasteiger partial charge in [-0.2, -0.15) is 0 Å². The second-order valence-electron chi connectivity index (χ2n) is 4.35. The molecule has 0 radical (unpaired) electrons. The molecule has 7 nitrogen and oxygen atoms in total. The van der Waals surface area contributed by atoms with Gasteiger partial charge in [0, 0.05) is 0 Å². The summed E-state index contributed by atoms with van der Waals surface area (Å²) in [7, 11) is -4.05. The Morgan fingerprint density at radius 1 is 1.05 bits per heavy atom. The van der Waals surface area contributed by atoms with Crippen LogP contribution in [0.1, 0.15) is 20.7 Å². The number of nitrogens with one attached hydrogen (secondary N) is 1. The van der Waals surface area contributed by atoms with Crippen molar-refractivity contribution in [1.82, 2.24) is 0 Å². The lowest BCUT2D eigenvalue weighted by Gasteiger charge is -2.11. The summed E-state index contributed by atoms with van der Waals surface area (Å²) in [5.74, 6) is -2.02. The summed E-state index contributed by atoms with van der Waals surface area (Å²) in [4.78, 5) is 22.0. The first kappa shape index (κ1) is 15.5. The molecule has 0 aliphatic rings. The van der Waals surface area contributed by atoms with E-state index in [-0.39, 0.29) is 21.7 Å². The number of anilines is 1. The molecule has 2 aromatic rings. The largest absolute Gasteiger partial charge is 0.478 e. The van der Waals surface area contributed by atoms with Crippen molar-refractivity contribution in [3.05, 3.63) is 59.7 Å². The highest BCUT2D eigenvalue weighted by atomic mass is 32.2. The first-order chi connectivity index (χ1) is 10.3. The summed E-state index contributed by atoms with van der Waals surface area (Å²) < 4.78 is 26.8. The van der Waals surface area contributed by atoms with Crippen LogP contribution < -0.4 is 10.5 Å². The van der Waals surface area contributed by atoms with Crippen LogP contribution >= 0.6 is 0 Å². The summed E-state index contributed by atoms with van der Waals surface area (Å²) in [6.07, 6.45) is 0. The monoisotopic (exact) mass is 320 g/mol. The third kappa shape index (κ3) is 3.23. The number of amides is 1. The van der Waals surface area contributed by atoms with E-state index in [2.05, 4.69) is 4.72 Å². The normalized spacial score (nSPS) is 10.9. The van der Waals surface area contributed by atoms with Crippen molar-refractivity contribution in [3.8, 4) is 0 Å². The molecule has 0 aromatic heterocycles. The second kappa shape index (κ2) is 5.86. The number of sulfonamides is 1. The predicted octanol–water partition coefficient (Wildman–Crippen LogP) is 1.28. The van der Waals surface area contributed by atoms with E-state index in [0.717, 1.165) is 6.07 Å². The molecule has 0 aliphatic heterocycles. The van der Waals surface area contributed by atoms with Crippen LogP contribution in [-0.2, 0) is 10.0 Å². The highest BCUT2D eigenvalue weighted by Gasteiger charge is 2.18. The van der Waals surface area contributed by atoms with Gasteiger partial charge in [0.1, 0.15) is 0 Å². The molecule has 0 fully saturated rings. The fourth-order valence-electron chi connectivity index (χ4n) is 1.79. The number of carboxylic acid groups (broad SMARTS) is 1. The first-order valence-electron chi connectivity index (χ1n) is 6.06. The summed E-state index contributed by atoms with van der Waals surface area (Å²) in [5, 5.41) is 8.91. The molecule has 2 rings (SSSR count). The number of hydrogen-bond acceptors (Lipinski definition) is 4. The van der Waals surface area contributed by atoms with Crippen LogP contribution in [0.15, 0.2) is 53.4 Å². The Labute approximate surface area is 126 Å². The number of carboxylic acids is 1. The molecule has 0 atom stereocenters. The van der Waals surface area contributed by atoms with Gasteiger partial charge in [0.25, 0.3) is 15.9 Å². The average molecular weight is 320 g/mol. The smallest absolute Gasteiger partial charge is 0.335 e. The van der Waals surface area contributed by atoms with Crippen molar-refractivity contribution in [2.24, 2.45) is 5.73 Å². The number of hydrogen-bond donors (Lipinski definition) is 3. The van der Waals surface area contributed by atoms with E-state index in [1.54, 1.807) is 6.07 Å². The number of rotatable bonds is 5. The maximum atomic E-state index is 12.3. The molecule has 114 valence electrons. The maximum Gasteiger partial charge on any atom is 0.335 e. The van der Waals surface area contributed by atoms with E-state index in [4.69, 9.17) is 10.8 Å². The number of nitrogens with two attached hydrogens (primary N) is 1. The summed E-state index contributed by atoms with van der Waals surface area (Å²) in [6.45, 7) is 0. The minimum absolute atomic E-state index is 0.0143. The Bertz CT molecular complexity index is 846. The Balaban J connectivity index is 2.43.